The Labute approximate surface area is 157 Å². The summed E-state index contributed by atoms with van der Waals surface area (Å²) in [5, 5.41) is 2.16. The van der Waals surface area contributed by atoms with Gasteiger partial charge in [-0.2, -0.15) is 0 Å². The number of amides is 2. The van der Waals surface area contributed by atoms with Crippen LogP contribution in [0.15, 0.2) is 40.9 Å². The number of nitrogens with zero attached hydrogens (tertiary/aromatic N) is 1. The fraction of sp³-hybridized carbons (Fsp3) is 0.222. The molecule has 0 aliphatic rings. The highest BCUT2D eigenvalue weighted by Crippen LogP contribution is 2.19. The molecule has 0 heterocycles. The van der Waals surface area contributed by atoms with Gasteiger partial charge < -0.3 is 10.2 Å². The molecule has 2 rings (SSSR count). The normalized spacial score (nSPS) is 10.5. The summed E-state index contributed by atoms with van der Waals surface area (Å²) >= 11 is 3.28. The summed E-state index contributed by atoms with van der Waals surface area (Å²) in [7, 11) is 0. The smallest absolute Gasteiger partial charge is 0.254 e. The topological polar surface area (TPSA) is 49.4 Å². The molecule has 0 fully saturated rings. The van der Waals surface area contributed by atoms with Crippen LogP contribution in [0.25, 0.3) is 0 Å². The molecule has 0 saturated heterocycles. The van der Waals surface area contributed by atoms with E-state index in [0.717, 1.165) is 10.5 Å². The fourth-order valence-electron chi connectivity index (χ4n) is 2.28. The van der Waals surface area contributed by atoms with Crippen molar-refractivity contribution < 1.29 is 22.8 Å². The molecule has 8 heteroatoms. The lowest BCUT2D eigenvalue weighted by atomic mass is 10.2. The predicted molar refractivity (Wildman–Crippen MR) is 95.3 cm³/mol. The van der Waals surface area contributed by atoms with Crippen molar-refractivity contribution in [1.29, 1.82) is 0 Å². The molecule has 138 valence electrons. The summed E-state index contributed by atoms with van der Waals surface area (Å²) in [6.07, 6.45) is 0.606. The molecule has 0 bridgehead atoms. The first-order chi connectivity index (χ1) is 12.3. The van der Waals surface area contributed by atoms with E-state index in [0.29, 0.717) is 24.6 Å². The van der Waals surface area contributed by atoms with Gasteiger partial charge in [0.05, 0.1) is 5.69 Å². The zero-order chi connectivity index (χ0) is 19.3. The molecule has 0 aromatic heterocycles. The van der Waals surface area contributed by atoms with Crippen LogP contribution in [0, 0.1) is 17.5 Å². The molecule has 0 radical (unpaired) electrons. The number of nitrogens with one attached hydrogen (secondary N) is 1. The van der Waals surface area contributed by atoms with Gasteiger partial charge in [0.25, 0.3) is 5.91 Å². The molecule has 0 atom stereocenters. The van der Waals surface area contributed by atoms with Gasteiger partial charge in [-0.25, -0.2) is 13.2 Å². The molecule has 0 aliphatic carbocycles. The molecule has 0 aliphatic heterocycles. The van der Waals surface area contributed by atoms with Gasteiger partial charge in [-0.05, 0) is 42.8 Å². The number of carbonyl (C=O) groups is 2. The maximum atomic E-state index is 13.7. The molecule has 0 saturated carbocycles. The molecule has 26 heavy (non-hydrogen) atoms. The zero-order valence-electron chi connectivity index (χ0n) is 13.9. The third-order valence-electron chi connectivity index (χ3n) is 3.52. The Morgan fingerprint density at radius 3 is 2.31 bits per heavy atom. The van der Waals surface area contributed by atoms with E-state index >= 15 is 0 Å². The van der Waals surface area contributed by atoms with E-state index in [1.54, 1.807) is 24.3 Å². The quantitative estimate of drug-likeness (QED) is 0.694. The average molecular weight is 429 g/mol. The van der Waals surface area contributed by atoms with Crippen molar-refractivity contribution in [1.82, 2.24) is 4.90 Å². The Balaban J connectivity index is 2.11. The van der Waals surface area contributed by atoms with Gasteiger partial charge in [0.1, 0.15) is 6.54 Å². The molecule has 2 aromatic rings. The van der Waals surface area contributed by atoms with Crippen molar-refractivity contribution in [3.63, 3.8) is 0 Å². The van der Waals surface area contributed by atoms with Crippen LogP contribution in [0.4, 0.5) is 18.9 Å². The molecule has 0 spiro atoms. The van der Waals surface area contributed by atoms with Crippen LogP contribution >= 0.6 is 15.9 Å². The minimum absolute atomic E-state index is 0.308. The third kappa shape index (κ3) is 4.85. The highest BCUT2D eigenvalue weighted by atomic mass is 79.9. The van der Waals surface area contributed by atoms with Gasteiger partial charge in [-0.15, -0.1) is 0 Å². The van der Waals surface area contributed by atoms with Crippen LogP contribution in [0.3, 0.4) is 0 Å². The number of benzene rings is 2. The first kappa shape index (κ1) is 20.0. The van der Waals surface area contributed by atoms with Crippen molar-refractivity contribution in [3.8, 4) is 0 Å². The van der Waals surface area contributed by atoms with Crippen LogP contribution in [0.5, 0.6) is 0 Å². The Bertz CT molecular complexity index is 813. The maximum absolute atomic E-state index is 13.7. The second-order valence-electron chi connectivity index (χ2n) is 5.50. The first-order valence-electron chi connectivity index (χ1n) is 7.81. The highest BCUT2D eigenvalue weighted by Gasteiger charge is 2.20. The van der Waals surface area contributed by atoms with Crippen molar-refractivity contribution in [2.45, 2.75) is 13.3 Å². The van der Waals surface area contributed by atoms with Crippen LogP contribution < -0.4 is 5.32 Å². The van der Waals surface area contributed by atoms with E-state index in [-0.39, 0.29) is 12.5 Å². The van der Waals surface area contributed by atoms with E-state index in [1.807, 2.05) is 6.92 Å². The Kier molecular flexibility index (Phi) is 6.79. The Morgan fingerprint density at radius 2 is 1.69 bits per heavy atom. The average Bonchev–Trinajstić information content (AvgIpc) is 2.62. The Hall–Kier alpha value is -2.35. The third-order valence-corrected chi connectivity index (χ3v) is 4.04. The minimum Gasteiger partial charge on any atom is -0.329 e. The molecular weight excluding hydrogens is 413 g/mol. The van der Waals surface area contributed by atoms with E-state index in [4.69, 9.17) is 0 Å². The molecule has 2 amide bonds. The lowest BCUT2D eigenvalue weighted by Gasteiger charge is -2.22. The summed E-state index contributed by atoms with van der Waals surface area (Å²) in [6, 6.07) is 8.27. The van der Waals surface area contributed by atoms with E-state index in [2.05, 4.69) is 21.2 Å². The second kappa shape index (κ2) is 8.84. The van der Waals surface area contributed by atoms with Crippen molar-refractivity contribution in [2.75, 3.05) is 18.4 Å². The van der Waals surface area contributed by atoms with Gasteiger partial charge in [0.2, 0.25) is 5.91 Å². The number of halogens is 4. The van der Waals surface area contributed by atoms with Gasteiger partial charge in [-0.3, -0.25) is 9.59 Å². The highest BCUT2D eigenvalue weighted by molar-refractivity contribution is 9.10. The number of anilines is 1. The summed E-state index contributed by atoms with van der Waals surface area (Å²) in [6.45, 7) is 1.80. The molecule has 4 nitrogen and oxygen atoms in total. The molecule has 0 unspecified atom stereocenters. The summed E-state index contributed by atoms with van der Waals surface area (Å²) in [4.78, 5) is 26.0. The van der Waals surface area contributed by atoms with Crippen LogP contribution in [0.1, 0.15) is 23.7 Å². The van der Waals surface area contributed by atoms with E-state index in [9.17, 15) is 22.8 Å². The van der Waals surface area contributed by atoms with Gasteiger partial charge >= 0.3 is 0 Å². The predicted octanol–water partition coefficient (Wildman–Crippen LogP) is 4.36. The number of carbonyl (C=O) groups excluding carboxylic acids is 2. The monoisotopic (exact) mass is 428 g/mol. The van der Waals surface area contributed by atoms with Gasteiger partial charge in [-0.1, -0.05) is 22.9 Å². The number of hydrogen-bond acceptors (Lipinski definition) is 2. The van der Waals surface area contributed by atoms with E-state index in [1.165, 1.54) is 4.90 Å². The Morgan fingerprint density at radius 1 is 1.04 bits per heavy atom. The zero-order valence-corrected chi connectivity index (χ0v) is 15.4. The lowest BCUT2D eigenvalue weighted by Crippen LogP contribution is -2.38. The summed E-state index contributed by atoms with van der Waals surface area (Å²) < 4.78 is 40.6. The number of rotatable bonds is 6. The largest absolute Gasteiger partial charge is 0.329 e. The van der Waals surface area contributed by atoms with Crippen molar-refractivity contribution in [3.05, 3.63) is 63.9 Å². The molecule has 2 aromatic carbocycles. The fourth-order valence-corrected chi connectivity index (χ4v) is 2.55. The lowest BCUT2D eigenvalue weighted by molar-refractivity contribution is -0.116. The summed E-state index contributed by atoms with van der Waals surface area (Å²) in [5.74, 6) is -5.58. The number of hydrogen-bond donors (Lipinski definition) is 1. The van der Waals surface area contributed by atoms with Crippen molar-refractivity contribution in [2.24, 2.45) is 0 Å². The second-order valence-corrected chi connectivity index (χ2v) is 6.42. The van der Waals surface area contributed by atoms with E-state index < -0.39 is 29.0 Å². The SMILES string of the molecule is CCCN(CC(=O)Nc1ccc(F)c(F)c1F)C(=O)c1ccc(Br)cc1. The first-order valence-corrected chi connectivity index (χ1v) is 8.61. The van der Waals surface area contributed by atoms with Gasteiger partial charge in [0, 0.05) is 16.6 Å². The minimum atomic E-state index is -1.67. The van der Waals surface area contributed by atoms with Gasteiger partial charge in [0.15, 0.2) is 17.5 Å². The summed E-state index contributed by atoms with van der Waals surface area (Å²) in [5.41, 5.74) is -0.0881. The molecule has 1 N–H and O–H groups in total. The maximum Gasteiger partial charge on any atom is 0.254 e. The molecular formula is C18H16BrF3N2O2. The van der Waals surface area contributed by atoms with Crippen LogP contribution in [-0.4, -0.2) is 29.8 Å². The van der Waals surface area contributed by atoms with Crippen LogP contribution in [0.2, 0.25) is 0 Å². The standard InChI is InChI=1S/C18H16BrF3N2O2/c1-2-9-24(18(26)11-3-5-12(19)6-4-11)10-15(25)23-14-8-7-13(20)16(21)17(14)22/h3-8H,2,9-10H2,1H3,(H,23,25). The van der Waals surface area contributed by atoms with Crippen LogP contribution in [-0.2, 0) is 4.79 Å². The van der Waals surface area contributed by atoms with Crippen molar-refractivity contribution >= 4 is 33.4 Å².